The summed E-state index contributed by atoms with van der Waals surface area (Å²) in [6.07, 6.45) is 6.70. The van der Waals surface area contributed by atoms with Gasteiger partial charge in [0, 0.05) is 21.7 Å². The summed E-state index contributed by atoms with van der Waals surface area (Å²) in [6, 6.07) is 9.83. The van der Waals surface area contributed by atoms with E-state index in [2.05, 4.69) is 28.7 Å². The molecule has 2 aromatic carbocycles. The molecule has 1 aliphatic carbocycles. The zero-order chi connectivity index (χ0) is 25.1. The first-order valence-electron chi connectivity index (χ1n) is 11.3. The number of allylic oxidation sites excluding steroid dienone is 1. The van der Waals surface area contributed by atoms with Crippen molar-refractivity contribution in [2.24, 2.45) is 0 Å². The van der Waals surface area contributed by atoms with Crippen LogP contribution in [0.1, 0.15) is 48.9 Å². The van der Waals surface area contributed by atoms with Gasteiger partial charge in [-0.2, -0.15) is 0 Å². The molecule has 3 amide bonds. The molecule has 1 unspecified atom stereocenters. The number of imide groups is 1. The lowest BCUT2D eigenvalue weighted by Crippen LogP contribution is -2.46. The second-order valence-corrected chi connectivity index (χ2v) is 10.2. The molecule has 0 spiro atoms. The number of nitrogens with zero attached hydrogens (tertiary/aromatic N) is 3. The van der Waals surface area contributed by atoms with Crippen molar-refractivity contribution in [3.05, 3.63) is 78.4 Å². The Kier molecular flexibility index (Phi) is 7.85. The number of amides is 3. The molecule has 0 N–H and O–H groups in total. The van der Waals surface area contributed by atoms with Gasteiger partial charge in [0.2, 0.25) is 5.91 Å². The summed E-state index contributed by atoms with van der Waals surface area (Å²) in [5, 5.41) is 11.3. The van der Waals surface area contributed by atoms with Gasteiger partial charge in [-0.3, -0.25) is 24.5 Å². The first-order chi connectivity index (χ1) is 16.8. The van der Waals surface area contributed by atoms with Crippen molar-refractivity contribution < 1.29 is 19.3 Å². The smallest absolute Gasteiger partial charge is 0.288 e. The van der Waals surface area contributed by atoms with E-state index in [-0.39, 0.29) is 29.2 Å². The third-order valence-corrected chi connectivity index (χ3v) is 7.33. The highest BCUT2D eigenvalue weighted by molar-refractivity contribution is 14.1. The Balaban J connectivity index is 1.65. The summed E-state index contributed by atoms with van der Waals surface area (Å²) >= 11 is 8.06. The number of halogens is 2. The van der Waals surface area contributed by atoms with Crippen molar-refractivity contribution in [1.82, 2.24) is 4.90 Å². The summed E-state index contributed by atoms with van der Waals surface area (Å²) in [4.78, 5) is 53.1. The zero-order valence-corrected chi connectivity index (χ0v) is 21.7. The molecule has 1 fully saturated rings. The number of hydrogen-bond acceptors (Lipinski definition) is 5. The first-order valence-corrected chi connectivity index (χ1v) is 12.8. The molecule has 0 radical (unpaired) electrons. The van der Waals surface area contributed by atoms with Crippen LogP contribution in [-0.2, 0) is 9.59 Å². The largest absolute Gasteiger partial charge is 0.326 e. The predicted octanol–water partition coefficient (Wildman–Crippen LogP) is 5.52. The van der Waals surface area contributed by atoms with Gasteiger partial charge in [-0.15, -0.1) is 0 Å². The summed E-state index contributed by atoms with van der Waals surface area (Å²) in [6.45, 7) is 0.227. The fourth-order valence-corrected chi connectivity index (χ4v) is 5.01. The topological polar surface area (TPSA) is 101 Å². The van der Waals surface area contributed by atoms with Crippen LogP contribution in [0.2, 0.25) is 5.02 Å². The van der Waals surface area contributed by atoms with E-state index in [1.807, 2.05) is 0 Å². The number of nitro benzene ring substituents is 1. The van der Waals surface area contributed by atoms with Crippen molar-refractivity contribution >= 4 is 63.3 Å². The number of hydrogen-bond donors (Lipinski definition) is 0. The molecule has 35 heavy (non-hydrogen) atoms. The molecular formula is C25H23ClIN3O5. The van der Waals surface area contributed by atoms with Crippen molar-refractivity contribution in [3.63, 3.8) is 0 Å². The molecular weight excluding hydrogens is 585 g/mol. The fourth-order valence-electron chi connectivity index (χ4n) is 4.47. The Morgan fingerprint density at radius 3 is 2.57 bits per heavy atom. The quantitative estimate of drug-likeness (QED) is 0.136. The first kappa shape index (κ1) is 25.3. The third-order valence-electron chi connectivity index (χ3n) is 6.29. The summed E-state index contributed by atoms with van der Waals surface area (Å²) < 4.78 is 0.962. The molecule has 4 rings (SSSR count). The van der Waals surface area contributed by atoms with Gasteiger partial charge in [-0.05, 0) is 91.1 Å². The molecule has 0 aromatic heterocycles. The van der Waals surface area contributed by atoms with E-state index >= 15 is 0 Å². The second-order valence-electron chi connectivity index (χ2n) is 8.54. The van der Waals surface area contributed by atoms with Crippen LogP contribution in [0.5, 0.6) is 0 Å². The minimum absolute atomic E-state index is 0.0479. The standard InChI is InChI=1S/C25H23ClIN3O5/c26-20-11-6-17(14-21(20)30(34)35)24(32)28(13-12-16-4-2-1-3-5-16)22-15-23(31)29(25(22)33)19-9-7-18(27)8-10-19/h4,6-11,14,22H,1-3,5,12-13,15H2. The van der Waals surface area contributed by atoms with Gasteiger partial charge in [0.15, 0.2) is 0 Å². The number of carbonyl (C=O) groups is 3. The van der Waals surface area contributed by atoms with Gasteiger partial charge in [0.1, 0.15) is 11.1 Å². The van der Waals surface area contributed by atoms with Gasteiger partial charge >= 0.3 is 0 Å². The Morgan fingerprint density at radius 1 is 1.17 bits per heavy atom. The third kappa shape index (κ3) is 5.56. The molecule has 1 saturated heterocycles. The molecule has 0 saturated carbocycles. The van der Waals surface area contributed by atoms with Crippen molar-refractivity contribution in [1.29, 1.82) is 0 Å². The van der Waals surface area contributed by atoms with Gasteiger partial charge < -0.3 is 4.90 Å². The van der Waals surface area contributed by atoms with E-state index < -0.39 is 28.7 Å². The molecule has 0 bridgehead atoms. The Hall–Kier alpha value is -2.79. The van der Waals surface area contributed by atoms with E-state index in [1.165, 1.54) is 22.6 Å². The average Bonchev–Trinajstić information content (AvgIpc) is 3.14. The van der Waals surface area contributed by atoms with Crippen molar-refractivity contribution in [3.8, 4) is 0 Å². The van der Waals surface area contributed by atoms with Crippen molar-refractivity contribution in [2.75, 3.05) is 11.4 Å². The number of benzene rings is 2. The number of nitro groups is 1. The molecule has 182 valence electrons. The van der Waals surface area contributed by atoms with Crippen molar-refractivity contribution in [2.45, 2.75) is 44.6 Å². The Labute approximate surface area is 221 Å². The highest BCUT2D eigenvalue weighted by atomic mass is 127. The van der Waals surface area contributed by atoms with E-state index in [0.717, 1.165) is 40.2 Å². The summed E-state index contributed by atoms with van der Waals surface area (Å²) in [7, 11) is 0. The molecule has 1 aliphatic heterocycles. The Morgan fingerprint density at radius 2 is 1.91 bits per heavy atom. The maximum Gasteiger partial charge on any atom is 0.288 e. The highest BCUT2D eigenvalue weighted by Gasteiger charge is 2.44. The van der Waals surface area contributed by atoms with Crippen LogP contribution in [0.3, 0.4) is 0 Å². The van der Waals surface area contributed by atoms with Crippen LogP contribution in [0.4, 0.5) is 11.4 Å². The summed E-state index contributed by atoms with van der Waals surface area (Å²) in [5.74, 6) is -1.42. The van der Waals surface area contributed by atoms with Crippen LogP contribution in [-0.4, -0.2) is 40.1 Å². The SMILES string of the molecule is O=C1CC(N(CCC2=CCCCC2)C(=O)c2ccc(Cl)c([N+](=O)[O-])c2)C(=O)N1c1ccc(I)cc1. The van der Waals surface area contributed by atoms with Crippen LogP contribution < -0.4 is 4.90 Å². The minimum atomic E-state index is -0.992. The molecule has 2 aliphatic rings. The fraction of sp³-hybridized carbons (Fsp3) is 0.320. The highest BCUT2D eigenvalue weighted by Crippen LogP contribution is 2.30. The zero-order valence-electron chi connectivity index (χ0n) is 18.8. The lowest BCUT2D eigenvalue weighted by atomic mass is 9.96. The average molecular weight is 608 g/mol. The monoisotopic (exact) mass is 607 g/mol. The van der Waals surface area contributed by atoms with E-state index in [4.69, 9.17) is 11.6 Å². The van der Waals surface area contributed by atoms with E-state index in [9.17, 15) is 24.5 Å². The van der Waals surface area contributed by atoms with Gasteiger partial charge in [0.25, 0.3) is 17.5 Å². The van der Waals surface area contributed by atoms with E-state index in [0.29, 0.717) is 12.1 Å². The number of rotatable bonds is 7. The van der Waals surface area contributed by atoms with Gasteiger partial charge in [0.05, 0.1) is 17.0 Å². The number of anilines is 1. The van der Waals surface area contributed by atoms with Gasteiger partial charge in [-0.25, -0.2) is 4.90 Å². The van der Waals surface area contributed by atoms with Gasteiger partial charge in [-0.1, -0.05) is 23.3 Å². The molecule has 1 atom stereocenters. The lowest BCUT2D eigenvalue weighted by Gasteiger charge is -2.28. The number of carbonyl (C=O) groups excluding carboxylic acids is 3. The van der Waals surface area contributed by atoms with Crippen LogP contribution in [0.15, 0.2) is 54.1 Å². The maximum atomic E-state index is 13.6. The minimum Gasteiger partial charge on any atom is -0.326 e. The predicted molar refractivity (Wildman–Crippen MR) is 140 cm³/mol. The molecule has 10 heteroatoms. The summed E-state index contributed by atoms with van der Waals surface area (Å²) in [5.41, 5.74) is 1.32. The normalized spacial score (nSPS) is 17.9. The molecule has 2 aromatic rings. The molecule has 8 nitrogen and oxygen atoms in total. The van der Waals surface area contributed by atoms with E-state index in [1.54, 1.807) is 24.3 Å². The van der Waals surface area contributed by atoms with Crippen LogP contribution in [0.25, 0.3) is 0 Å². The maximum absolute atomic E-state index is 13.6. The lowest BCUT2D eigenvalue weighted by molar-refractivity contribution is -0.384. The second kappa shape index (κ2) is 10.9. The van der Waals surface area contributed by atoms with Crippen LogP contribution in [0, 0.1) is 13.7 Å². The molecule has 1 heterocycles. The van der Waals surface area contributed by atoms with Crippen LogP contribution >= 0.6 is 34.2 Å². The Bertz CT molecular complexity index is 1210.